The minimum Gasteiger partial charge on any atom is -0.489 e. The Kier molecular flexibility index (Phi) is 6.76. The molecule has 0 atom stereocenters. The average molecular weight is 439 g/mol. The highest BCUT2D eigenvalue weighted by Gasteiger charge is 2.34. The molecule has 160 valence electrons. The number of hydrogen-bond donors (Lipinski definition) is 1. The van der Waals surface area contributed by atoms with Crippen molar-refractivity contribution in [2.75, 3.05) is 6.61 Å². The summed E-state index contributed by atoms with van der Waals surface area (Å²) in [7, 11) is 0. The number of carboxylic acids is 1. The highest BCUT2D eigenvalue weighted by Crippen LogP contribution is 2.38. The van der Waals surface area contributed by atoms with Gasteiger partial charge in [0.15, 0.2) is 0 Å². The predicted molar refractivity (Wildman–Crippen MR) is 110 cm³/mol. The van der Waals surface area contributed by atoms with Crippen molar-refractivity contribution in [1.29, 1.82) is 0 Å². The minimum absolute atomic E-state index is 0.0465. The van der Waals surface area contributed by atoms with Gasteiger partial charge in [-0.25, -0.2) is 0 Å². The molecule has 0 aliphatic heterocycles. The predicted octanol–water partition coefficient (Wildman–Crippen LogP) is 6.70. The van der Waals surface area contributed by atoms with Gasteiger partial charge in [-0.05, 0) is 84.7 Å². The number of aryl methyl sites for hydroxylation is 2. The second kappa shape index (κ2) is 9.13. The molecule has 3 rings (SSSR count). The molecule has 0 saturated carbocycles. The molecule has 0 spiro atoms. The summed E-state index contributed by atoms with van der Waals surface area (Å²) in [6, 6.07) is 9.42. The Hall–Kier alpha value is -2.47. The molecule has 0 aromatic heterocycles. The Labute approximate surface area is 178 Å². The summed E-state index contributed by atoms with van der Waals surface area (Å²) in [6.07, 6.45) is -2.43. The number of halogens is 4. The lowest BCUT2D eigenvalue weighted by Gasteiger charge is -2.16. The van der Waals surface area contributed by atoms with Crippen LogP contribution in [0.3, 0.4) is 0 Å². The lowest BCUT2D eigenvalue weighted by Crippen LogP contribution is -2.11. The van der Waals surface area contributed by atoms with E-state index in [0.29, 0.717) is 5.02 Å². The van der Waals surface area contributed by atoms with E-state index in [1.165, 1.54) is 17.7 Å². The van der Waals surface area contributed by atoms with Crippen molar-refractivity contribution in [2.24, 2.45) is 0 Å². The molecule has 0 unspecified atom stereocenters. The van der Waals surface area contributed by atoms with Gasteiger partial charge in [0, 0.05) is 11.4 Å². The third kappa shape index (κ3) is 5.36. The molecule has 2 aromatic rings. The quantitative estimate of drug-likeness (QED) is 0.523. The first kappa shape index (κ1) is 22.2. The summed E-state index contributed by atoms with van der Waals surface area (Å²) >= 11 is 6.04. The van der Waals surface area contributed by atoms with E-state index >= 15 is 0 Å². The van der Waals surface area contributed by atoms with Gasteiger partial charge in [-0.15, -0.1) is 0 Å². The van der Waals surface area contributed by atoms with E-state index in [1.807, 2.05) is 25.1 Å². The van der Waals surface area contributed by atoms with E-state index in [4.69, 9.17) is 21.4 Å². The van der Waals surface area contributed by atoms with Crippen molar-refractivity contribution in [1.82, 2.24) is 0 Å². The highest BCUT2D eigenvalue weighted by molar-refractivity contribution is 6.30. The fourth-order valence-corrected chi connectivity index (χ4v) is 4.02. The highest BCUT2D eigenvalue weighted by atomic mass is 35.5. The van der Waals surface area contributed by atoms with Crippen LogP contribution in [0.25, 0.3) is 5.57 Å². The van der Waals surface area contributed by atoms with E-state index in [1.54, 1.807) is 0 Å². The standard InChI is InChI=1S/C23H22ClF3O3/c1-14-11-17(24)7-9-19(14)20-4-2-3-16(20)13-30-18-8-5-15(6-10-22(28)29)21(12-18)23(25,26)27/h5,7-9,11-12H,2-4,6,10,13H2,1H3,(H,28,29). The molecule has 2 aromatic carbocycles. The van der Waals surface area contributed by atoms with Gasteiger partial charge >= 0.3 is 12.1 Å². The molecule has 0 amide bonds. The molecule has 0 radical (unpaired) electrons. The molecule has 0 bridgehead atoms. The molecule has 1 aliphatic carbocycles. The molecular formula is C23H22ClF3O3. The number of carboxylic acid groups (broad SMARTS) is 1. The lowest BCUT2D eigenvalue weighted by molar-refractivity contribution is -0.140. The van der Waals surface area contributed by atoms with Crippen LogP contribution >= 0.6 is 11.6 Å². The van der Waals surface area contributed by atoms with E-state index < -0.39 is 17.7 Å². The fraction of sp³-hybridized carbons (Fsp3) is 0.348. The summed E-state index contributed by atoms with van der Waals surface area (Å²) < 4.78 is 46.0. The smallest absolute Gasteiger partial charge is 0.416 e. The van der Waals surface area contributed by atoms with Gasteiger partial charge in [0.1, 0.15) is 12.4 Å². The first-order valence-corrected chi connectivity index (χ1v) is 10.0. The first-order chi connectivity index (χ1) is 14.1. The van der Waals surface area contributed by atoms with Crippen molar-refractivity contribution >= 4 is 23.1 Å². The largest absolute Gasteiger partial charge is 0.489 e. The van der Waals surface area contributed by atoms with Crippen LogP contribution < -0.4 is 4.74 Å². The summed E-state index contributed by atoms with van der Waals surface area (Å²) in [4.78, 5) is 10.7. The number of aliphatic carboxylic acids is 1. The van der Waals surface area contributed by atoms with Gasteiger partial charge < -0.3 is 9.84 Å². The van der Waals surface area contributed by atoms with Crippen LogP contribution in [0.4, 0.5) is 13.2 Å². The van der Waals surface area contributed by atoms with Crippen LogP contribution in [-0.2, 0) is 17.4 Å². The molecule has 1 aliphatic rings. The molecule has 7 heteroatoms. The SMILES string of the molecule is Cc1cc(Cl)ccc1C1=C(COc2ccc(CCC(=O)O)c(C(F)(F)F)c2)CCC1. The van der Waals surface area contributed by atoms with E-state index in [2.05, 4.69) is 0 Å². The van der Waals surface area contributed by atoms with Crippen LogP contribution in [-0.4, -0.2) is 17.7 Å². The Morgan fingerprint density at radius 3 is 2.60 bits per heavy atom. The van der Waals surface area contributed by atoms with Crippen LogP contribution in [0.15, 0.2) is 42.0 Å². The third-order valence-corrected chi connectivity index (χ3v) is 5.49. The second-order valence-corrected chi connectivity index (χ2v) is 7.83. The molecule has 3 nitrogen and oxygen atoms in total. The van der Waals surface area contributed by atoms with Gasteiger partial charge in [0.25, 0.3) is 0 Å². The maximum atomic E-state index is 13.4. The average Bonchev–Trinajstić information content (AvgIpc) is 3.12. The van der Waals surface area contributed by atoms with E-state index in [0.717, 1.165) is 42.0 Å². The zero-order valence-corrected chi connectivity index (χ0v) is 17.2. The molecule has 0 saturated heterocycles. The zero-order chi connectivity index (χ0) is 21.9. The van der Waals surface area contributed by atoms with Crippen molar-refractivity contribution in [3.8, 4) is 5.75 Å². The number of allylic oxidation sites excluding steroid dienone is 1. The third-order valence-electron chi connectivity index (χ3n) is 5.25. The Morgan fingerprint density at radius 1 is 1.17 bits per heavy atom. The van der Waals surface area contributed by atoms with E-state index in [-0.39, 0.29) is 30.8 Å². The van der Waals surface area contributed by atoms with Gasteiger partial charge in [0.05, 0.1) is 5.56 Å². The lowest BCUT2D eigenvalue weighted by atomic mass is 9.98. The Morgan fingerprint density at radius 2 is 1.93 bits per heavy atom. The minimum atomic E-state index is -4.58. The van der Waals surface area contributed by atoms with Gasteiger partial charge in [0.2, 0.25) is 0 Å². The van der Waals surface area contributed by atoms with Crippen molar-refractivity contribution < 1.29 is 27.8 Å². The summed E-state index contributed by atoms with van der Waals surface area (Å²) in [5.74, 6) is -1.02. The number of ether oxygens (including phenoxy) is 1. The zero-order valence-electron chi connectivity index (χ0n) is 16.5. The number of alkyl halides is 3. The maximum absolute atomic E-state index is 13.4. The van der Waals surface area contributed by atoms with Crippen molar-refractivity contribution in [2.45, 2.75) is 45.2 Å². The first-order valence-electron chi connectivity index (χ1n) is 9.67. The van der Waals surface area contributed by atoms with Gasteiger partial charge in [-0.1, -0.05) is 23.7 Å². The second-order valence-electron chi connectivity index (χ2n) is 7.39. The summed E-state index contributed by atoms with van der Waals surface area (Å²) in [5, 5.41) is 9.43. The van der Waals surface area contributed by atoms with Crippen molar-refractivity contribution in [3.05, 3.63) is 69.2 Å². The molecular weight excluding hydrogens is 417 g/mol. The number of hydrogen-bond acceptors (Lipinski definition) is 2. The van der Waals surface area contributed by atoms with Crippen LogP contribution in [0.5, 0.6) is 5.75 Å². The summed E-state index contributed by atoms with van der Waals surface area (Å²) in [5.41, 5.74) is 3.49. The topological polar surface area (TPSA) is 46.5 Å². The number of benzene rings is 2. The molecule has 0 heterocycles. The molecule has 0 fully saturated rings. The summed E-state index contributed by atoms with van der Waals surface area (Å²) in [6.45, 7) is 2.19. The Bertz CT molecular complexity index is 980. The van der Waals surface area contributed by atoms with E-state index in [9.17, 15) is 18.0 Å². The van der Waals surface area contributed by atoms with Gasteiger partial charge in [-0.2, -0.15) is 13.2 Å². The monoisotopic (exact) mass is 438 g/mol. The molecule has 1 N–H and O–H groups in total. The number of carbonyl (C=O) groups is 1. The van der Waals surface area contributed by atoms with Crippen LogP contribution in [0.2, 0.25) is 5.02 Å². The maximum Gasteiger partial charge on any atom is 0.416 e. The normalized spacial score (nSPS) is 14.3. The fourth-order valence-electron chi connectivity index (χ4n) is 3.80. The van der Waals surface area contributed by atoms with Gasteiger partial charge in [-0.3, -0.25) is 4.79 Å². The van der Waals surface area contributed by atoms with Crippen LogP contribution in [0.1, 0.15) is 47.9 Å². The van der Waals surface area contributed by atoms with Crippen molar-refractivity contribution in [3.63, 3.8) is 0 Å². The Balaban J connectivity index is 1.81. The van der Waals surface area contributed by atoms with Crippen LogP contribution in [0, 0.1) is 6.92 Å². The molecule has 30 heavy (non-hydrogen) atoms. The number of rotatable bonds is 7.